The third-order valence-corrected chi connectivity index (χ3v) is 7.81. The van der Waals surface area contributed by atoms with Gasteiger partial charge >= 0.3 is 11.9 Å². The summed E-state index contributed by atoms with van der Waals surface area (Å²) < 4.78 is 19.5. The number of methoxy groups -OCH3 is 1. The molecule has 0 amide bonds. The Morgan fingerprint density at radius 1 is 1.33 bits per heavy atom. The van der Waals surface area contributed by atoms with Crippen molar-refractivity contribution >= 4 is 50.1 Å². The minimum Gasteiger partial charge on any atom is -0.469 e. The lowest BCUT2D eigenvalue weighted by atomic mass is 10.3. The molecule has 0 aliphatic rings. The highest BCUT2D eigenvalue weighted by Gasteiger charge is 2.32. The first-order valence-electron chi connectivity index (χ1n) is 4.75. The quantitative estimate of drug-likeness (QED) is 0.489. The van der Waals surface area contributed by atoms with Gasteiger partial charge in [-0.25, -0.2) is 0 Å². The highest BCUT2D eigenvalue weighted by Crippen LogP contribution is 2.62. The van der Waals surface area contributed by atoms with E-state index >= 15 is 0 Å². The summed E-state index contributed by atoms with van der Waals surface area (Å²) in [5.41, 5.74) is -2.65. The third kappa shape index (κ3) is 6.45. The van der Waals surface area contributed by atoms with Crippen LogP contribution < -0.4 is 0 Å². The first-order chi connectivity index (χ1) is 8.42. The van der Waals surface area contributed by atoms with Gasteiger partial charge in [-0.2, -0.15) is 0 Å². The standard InChI is InChI=1S/C8H16O6P2S2/c1-11-7(9)4-6(8(10)14-5-15)18-16(17,12-2)13-3/h6H,4-5,15H2,1-3H3. The largest absolute Gasteiger partial charge is 0.469 e. The summed E-state index contributed by atoms with van der Waals surface area (Å²) in [5.74, 6) is -1.08. The van der Waals surface area contributed by atoms with Gasteiger partial charge in [0.1, 0.15) is 11.6 Å². The lowest BCUT2D eigenvalue weighted by molar-refractivity contribution is -0.147. The molecule has 2 unspecified atom stereocenters. The van der Waals surface area contributed by atoms with Crippen molar-refractivity contribution in [3.05, 3.63) is 0 Å². The molecule has 0 heterocycles. The molecule has 0 aliphatic heterocycles. The van der Waals surface area contributed by atoms with Crippen LogP contribution >= 0.6 is 26.3 Å². The van der Waals surface area contributed by atoms with Crippen LogP contribution in [0.1, 0.15) is 6.42 Å². The summed E-state index contributed by atoms with van der Waals surface area (Å²) in [6.07, 6.45) is -0.00429. The van der Waals surface area contributed by atoms with E-state index in [1.54, 1.807) is 0 Å². The molecule has 106 valence electrons. The number of carbonyl (C=O) groups is 2. The van der Waals surface area contributed by atoms with Crippen molar-refractivity contribution in [3.8, 4) is 0 Å². The summed E-state index contributed by atoms with van der Waals surface area (Å²) in [4.78, 5) is 22.9. The van der Waals surface area contributed by atoms with E-state index in [-0.39, 0.29) is 12.8 Å². The predicted octanol–water partition coefficient (Wildman–Crippen LogP) is 1.54. The number of esters is 2. The molecule has 18 heavy (non-hydrogen) atoms. The molecule has 0 fully saturated rings. The van der Waals surface area contributed by atoms with Crippen LogP contribution in [0.4, 0.5) is 0 Å². The van der Waals surface area contributed by atoms with Gasteiger partial charge in [0, 0.05) is 14.2 Å². The van der Waals surface area contributed by atoms with Gasteiger partial charge in [-0.15, -0.1) is 0 Å². The van der Waals surface area contributed by atoms with Crippen LogP contribution in [-0.2, 0) is 39.9 Å². The monoisotopic (exact) mass is 334 g/mol. The molecule has 2 atom stereocenters. The first kappa shape index (κ1) is 18.3. The molecule has 0 aromatic rings. The van der Waals surface area contributed by atoms with Crippen molar-refractivity contribution in [2.24, 2.45) is 0 Å². The maximum Gasteiger partial charge on any atom is 0.320 e. The molecule has 0 aromatic heterocycles. The fourth-order valence-electron chi connectivity index (χ4n) is 0.890. The SMILES string of the molecule is COC(=O)CC(SP(=S)(OC)OC)C(=O)OCP. The van der Waals surface area contributed by atoms with E-state index in [1.807, 2.05) is 0 Å². The Balaban J connectivity index is 4.81. The Hall–Kier alpha value is 0.290. The second-order valence-corrected chi connectivity index (χ2v) is 9.76. The highest BCUT2D eigenvalue weighted by molar-refractivity contribution is 8.68. The van der Waals surface area contributed by atoms with Crippen molar-refractivity contribution in [1.29, 1.82) is 0 Å². The fourth-order valence-corrected chi connectivity index (χ4v) is 4.92. The minimum absolute atomic E-state index is 0.139. The van der Waals surface area contributed by atoms with E-state index in [0.717, 1.165) is 11.4 Å². The minimum atomic E-state index is -2.65. The maximum atomic E-state index is 11.7. The summed E-state index contributed by atoms with van der Waals surface area (Å²) >= 11 is 6.12. The van der Waals surface area contributed by atoms with Crippen molar-refractivity contribution in [2.45, 2.75) is 11.7 Å². The molecule has 0 saturated heterocycles. The Bertz CT molecular complexity index is 330. The Morgan fingerprint density at radius 2 is 1.89 bits per heavy atom. The second-order valence-electron chi connectivity index (χ2n) is 2.82. The van der Waals surface area contributed by atoms with Gasteiger partial charge in [0.25, 0.3) is 0 Å². The molecule has 0 spiro atoms. The lowest BCUT2D eigenvalue weighted by Crippen LogP contribution is -2.23. The van der Waals surface area contributed by atoms with Crippen LogP contribution in [0.5, 0.6) is 0 Å². The molecule has 0 aliphatic carbocycles. The molecule has 0 bridgehead atoms. The summed E-state index contributed by atoms with van der Waals surface area (Å²) in [6.45, 7) is 0. The Labute approximate surface area is 118 Å². The molecule has 0 rings (SSSR count). The zero-order valence-corrected chi connectivity index (χ0v) is 14.0. The number of carbonyl (C=O) groups excluding carboxylic acids is 2. The van der Waals surface area contributed by atoms with Crippen molar-refractivity contribution in [3.63, 3.8) is 0 Å². The Kier molecular flexibility index (Phi) is 9.38. The number of hydrogen-bond donors (Lipinski definition) is 0. The zero-order chi connectivity index (χ0) is 14.2. The van der Waals surface area contributed by atoms with Crippen molar-refractivity contribution in [2.75, 3.05) is 27.7 Å². The van der Waals surface area contributed by atoms with Crippen LogP contribution in [-0.4, -0.2) is 44.9 Å². The van der Waals surface area contributed by atoms with E-state index in [2.05, 4.69) is 14.0 Å². The zero-order valence-electron chi connectivity index (χ0n) is 10.3. The lowest BCUT2D eigenvalue weighted by Gasteiger charge is -2.21. The van der Waals surface area contributed by atoms with Gasteiger partial charge in [-0.3, -0.25) is 9.59 Å². The van der Waals surface area contributed by atoms with Crippen LogP contribution in [0, 0.1) is 0 Å². The van der Waals surface area contributed by atoms with E-state index in [1.165, 1.54) is 21.3 Å². The molecule has 0 N–H and O–H groups in total. The van der Waals surface area contributed by atoms with Gasteiger partial charge in [-0.05, 0) is 11.8 Å². The topological polar surface area (TPSA) is 71.1 Å². The van der Waals surface area contributed by atoms with E-state index in [9.17, 15) is 9.59 Å². The molecule has 6 nitrogen and oxygen atoms in total. The predicted molar refractivity (Wildman–Crippen MR) is 77.0 cm³/mol. The second kappa shape index (κ2) is 9.23. The number of ether oxygens (including phenoxy) is 2. The third-order valence-electron chi connectivity index (χ3n) is 1.77. The van der Waals surface area contributed by atoms with Gasteiger partial charge in [0.05, 0.1) is 13.5 Å². The molecule has 0 saturated carbocycles. The normalized spacial score (nSPS) is 12.9. The molecule has 0 radical (unpaired) electrons. The summed E-state index contributed by atoms with van der Waals surface area (Å²) in [7, 11) is 6.29. The first-order valence-corrected chi connectivity index (χ1v) is 9.69. The van der Waals surface area contributed by atoms with E-state index < -0.39 is 22.9 Å². The van der Waals surface area contributed by atoms with Gasteiger partial charge in [0.2, 0.25) is 5.69 Å². The van der Waals surface area contributed by atoms with Gasteiger partial charge in [-0.1, -0.05) is 20.6 Å². The maximum absolute atomic E-state index is 11.7. The Morgan fingerprint density at radius 3 is 2.28 bits per heavy atom. The summed E-state index contributed by atoms with van der Waals surface area (Å²) in [6, 6.07) is 0. The molecular weight excluding hydrogens is 318 g/mol. The van der Waals surface area contributed by atoms with Gasteiger partial charge in [0.15, 0.2) is 0 Å². The summed E-state index contributed by atoms with van der Waals surface area (Å²) in [5, 5.41) is -0.802. The average Bonchev–Trinajstić information content (AvgIpc) is 2.37. The molecular formula is C8H16O6P2S2. The number of hydrogen-bond acceptors (Lipinski definition) is 8. The van der Waals surface area contributed by atoms with E-state index in [0.29, 0.717) is 0 Å². The fraction of sp³-hybridized carbons (Fsp3) is 0.750. The smallest absolute Gasteiger partial charge is 0.320 e. The van der Waals surface area contributed by atoms with Crippen LogP contribution in [0.15, 0.2) is 0 Å². The molecule has 0 aromatic carbocycles. The van der Waals surface area contributed by atoms with Crippen LogP contribution in [0.2, 0.25) is 0 Å². The van der Waals surface area contributed by atoms with Gasteiger partial charge < -0.3 is 18.5 Å². The number of rotatable bonds is 8. The average molecular weight is 334 g/mol. The molecule has 10 heteroatoms. The van der Waals surface area contributed by atoms with E-state index in [4.69, 9.17) is 25.6 Å². The van der Waals surface area contributed by atoms with Crippen LogP contribution in [0.3, 0.4) is 0 Å². The van der Waals surface area contributed by atoms with Crippen molar-refractivity contribution in [1.82, 2.24) is 0 Å². The van der Waals surface area contributed by atoms with Crippen LogP contribution in [0.25, 0.3) is 0 Å². The highest BCUT2D eigenvalue weighted by atomic mass is 32.9. The van der Waals surface area contributed by atoms with Crippen molar-refractivity contribution < 1.29 is 28.1 Å².